The highest BCUT2D eigenvalue weighted by atomic mass is 35.5. The van der Waals surface area contributed by atoms with Crippen molar-refractivity contribution in [3.8, 4) is 0 Å². The minimum Gasteiger partial charge on any atom is -0.352 e. The van der Waals surface area contributed by atoms with Crippen LogP contribution >= 0.6 is 34.7 Å². The van der Waals surface area contributed by atoms with Crippen molar-refractivity contribution in [2.45, 2.75) is 30.8 Å². The normalized spacial score (nSPS) is 12.5. The molecule has 1 aromatic carbocycles. The van der Waals surface area contributed by atoms with E-state index in [2.05, 4.69) is 20.6 Å². The smallest absolute Gasteiger partial charge is 0.276 e. The number of halogens is 1. The van der Waals surface area contributed by atoms with Gasteiger partial charge in [0, 0.05) is 11.4 Å². The second-order valence-corrected chi connectivity index (χ2v) is 9.35. The maximum atomic E-state index is 13.1. The van der Waals surface area contributed by atoms with Gasteiger partial charge in [0.25, 0.3) is 11.8 Å². The van der Waals surface area contributed by atoms with Crippen LogP contribution in [0.3, 0.4) is 0 Å². The van der Waals surface area contributed by atoms with E-state index in [-0.39, 0.29) is 16.6 Å². The maximum Gasteiger partial charge on any atom is 0.276 e. The van der Waals surface area contributed by atoms with Crippen LogP contribution in [0.25, 0.3) is 0 Å². The molecule has 1 aliphatic rings. The molecule has 0 saturated heterocycles. The molecule has 0 atom stereocenters. The van der Waals surface area contributed by atoms with E-state index >= 15 is 0 Å². The van der Waals surface area contributed by atoms with E-state index in [1.807, 2.05) is 36.6 Å². The lowest BCUT2D eigenvalue weighted by atomic mass is 10.1. The fourth-order valence-corrected chi connectivity index (χ4v) is 5.36. The third kappa shape index (κ3) is 4.92. The quantitative estimate of drug-likeness (QED) is 0.387. The van der Waals surface area contributed by atoms with E-state index in [9.17, 15) is 9.59 Å². The highest BCUT2D eigenvalue weighted by Crippen LogP contribution is 2.39. The van der Waals surface area contributed by atoms with Crippen molar-refractivity contribution < 1.29 is 9.59 Å². The lowest BCUT2D eigenvalue weighted by Gasteiger charge is -2.10. The number of thioether (sulfide) groups is 1. The summed E-state index contributed by atoms with van der Waals surface area (Å²) in [6.07, 6.45) is 6.77. The van der Waals surface area contributed by atoms with Crippen LogP contribution in [0.1, 0.15) is 43.3 Å². The summed E-state index contributed by atoms with van der Waals surface area (Å²) in [5.74, 6) is -0.606. The predicted molar refractivity (Wildman–Crippen MR) is 126 cm³/mol. The first-order chi connectivity index (χ1) is 15.1. The Balaban J connectivity index is 1.52. The summed E-state index contributed by atoms with van der Waals surface area (Å²) in [4.78, 5) is 35.4. The molecule has 0 radical (unpaired) electrons. The third-order valence-electron chi connectivity index (χ3n) is 5.04. The van der Waals surface area contributed by atoms with Gasteiger partial charge in [-0.3, -0.25) is 9.59 Å². The molecule has 0 bridgehead atoms. The highest BCUT2D eigenvalue weighted by Gasteiger charge is 2.28. The van der Waals surface area contributed by atoms with Crippen LogP contribution in [-0.2, 0) is 19.3 Å². The van der Waals surface area contributed by atoms with E-state index in [1.54, 1.807) is 0 Å². The molecule has 9 heteroatoms. The van der Waals surface area contributed by atoms with Crippen molar-refractivity contribution in [3.63, 3.8) is 0 Å². The largest absolute Gasteiger partial charge is 0.352 e. The average Bonchev–Trinajstić information content (AvgIpc) is 3.35. The van der Waals surface area contributed by atoms with Crippen LogP contribution in [-0.4, -0.2) is 34.6 Å². The number of carbonyl (C=O) groups is 2. The van der Waals surface area contributed by atoms with Gasteiger partial charge >= 0.3 is 0 Å². The monoisotopic (exact) mass is 472 g/mol. The molecule has 1 aliphatic carbocycles. The number of thiophene rings is 1. The molecule has 6 nitrogen and oxygen atoms in total. The number of anilines is 1. The summed E-state index contributed by atoms with van der Waals surface area (Å²) in [6, 6.07) is 10.0. The van der Waals surface area contributed by atoms with Crippen LogP contribution < -0.4 is 10.6 Å². The molecule has 31 heavy (non-hydrogen) atoms. The highest BCUT2D eigenvalue weighted by molar-refractivity contribution is 7.98. The molecule has 2 heterocycles. The number of amides is 2. The van der Waals surface area contributed by atoms with E-state index < -0.39 is 5.91 Å². The number of hydrogen-bond acceptors (Lipinski definition) is 6. The first-order valence-electron chi connectivity index (χ1n) is 9.91. The molecule has 0 fully saturated rings. The molecular formula is C22H21ClN4O2S2. The fourth-order valence-electron chi connectivity index (χ4n) is 3.56. The van der Waals surface area contributed by atoms with Crippen LogP contribution in [0.4, 0.5) is 5.00 Å². The van der Waals surface area contributed by atoms with Crippen molar-refractivity contribution in [1.29, 1.82) is 0 Å². The van der Waals surface area contributed by atoms with Gasteiger partial charge in [-0.25, -0.2) is 9.97 Å². The van der Waals surface area contributed by atoms with Crippen molar-refractivity contribution in [1.82, 2.24) is 15.3 Å². The predicted octanol–water partition coefficient (Wildman–Crippen LogP) is 4.63. The number of aromatic nitrogens is 2. The number of carbonyl (C=O) groups excluding carboxylic acids is 2. The lowest BCUT2D eigenvalue weighted by Crippen LogP contribution is -2.27. The zero-order valence-electron chi connectivity index (χ0n) is 16.9. The summed E-state index contributed by atoms with van der Waals surface area (Å²) >= 11 is 8.94. The number of rotatable bonds is 7. The first-order valence-corrected chi connectivity index (χ1v) is 12.3. The summed E-state index contributed by atoms with van der Waals surface area (Å²) in [5, 5.41) is 7.06. The minimum absolute atomic E-state index is 0.102. The molecular weight excluding hydrogens is 452 g/mol. The van der Waals surface area contributed by atoms with Gasteiger partial charge in [0.1, 0.15) is 5.00 Å². The van der Waals surface area contributed by atoms with E-state index in [0.29, 0.717) is 22.3 Å². The van der Waals surface area contributed by atoms with Gasteiger partial charge < -0.3 is 10.6 Å². The zero-order valence-corrected chi connectivity index (χ0v) is 19.3. The van der Waals surface area contributed by atoms with Gasteiger partial charge in [-0.05, 0) is 43.1 Å². The van der Waals surface area contributed by atoms with Crippen molar-refractivity contribution >= 4 is 51.5 Å². The minimum atomic E-state index is -0.444. The molecule has 0 aliphatic heterocycles. The van der Waals surface area contributed by atoms with E-state index in [4.69, 9.17) is 11.6 Å². The lowest BCUT2D eigenvalue weighted by molar-refractivity contribution is 0.0954. The Morgan fingerprint density at radius 1 is 1.19 bits per heavy atom. The van der Waals surface area contributed by atoms with Gasteiger partial charge in [-0.2, -0.15) is 0 Å². The summed E-state index contributed by atoms with van der Waals surface area (Å²) in [6.45, 7) is 0.523. The van der Waals surface area contributed by atoms with Gasteiger partial charge in [0.15, 0.2) is 10.9 Å². The number of hydrogen-bond donors (Lipinski definition) is 2. The van der Waals surface area contributed by atoms with Crippen molar-refractivity contribution in [2.24, 2.45) is 0 Å². The Bertz CT molecular complexity index is 1120. The number of nitrogens with zero attached hydrogens (tertiary/aromatic N) is 2. The van der Waals surface area contributed by atoms with Crippen LogP contribution in [0.2, 0.25) is 5.02 Å². The summed E-state index contributed by atoms with van der Waals surface area (Å²) in [5.41, 5.74) is 2.87. The van der Waals surface area contributed by atoms with Crippen molar-refractivity contribution in [2.75, 3.05) is 18.1 Å². The maximum absolute atomic E-state index is 13.1. The topological polar surface area (TPSA) is 84.0 Å². The average molecular weight is 473 g/mol. The summed E-state index contributed by atoms with van der Waals surface area (Å²) < 4.78 is 0. The molecule has 0 saturated carbocycles. The van der Waals surface area contributed by atoms with Crippen LogP contribution in [0, 0.1) is 0 Å². The molecule has 2 N–H and O–H groups in total. The second kappa shape index (κ2) is 9.80. The molecule has 2 amide bonds. The molecule has 160 valence electrons. The van der Waals surface area contributed by atoms with Gasteiger partial charge in [0.05, 0.1) is 16.8 Å². The molecule has 4 rings (SSSR count). The Kier molecular flexibility index (Phi) is 6.89. The molecule has 2 aromatic heterocycles. The van der Waals surface area contributed by atoms with E-state index in [0.717, 1.165) is 41.7 Å². The molecule has 3 aromatic rings. The third-order valence-corrected chi connectivity index (χ3v) is 7.08. The summed E-state index contributed by atoms with van der Waals surface area (Å²) in [7, 11) is 0. The Labute approximate surface area is 193 Å². The van der Waals surface area contributed by atoms with Gasteiger partial charge in [-0.1, -0.05) is 53.7 Å². The number of aryl methyl sites for hydroxylation is 1. The standard InChI is InChI=1S/C22H21ClN4O2S2/c1-30-22-25-12-15(23)18(26-22)20(29)27-21-17(14-8-5-9-16(14)31-21)19(28)24-11-10-13-6-3-2-4-7-13/h2-4,6-7,12H,5,8-11H2,1H3,(H,24,28)(H,27,29). The number of benzene rings is 1. The second-order valence-electron chi connectivity index (χ2n) is 7.06. The Hall–Kier alpha value is -2.42. The Morgan fingerprint density at radius 2 is 2.00 bits per heavy atom. The van der Waals surface area contributed by atoms with Crippen molar-refractivity contribution in [3.05, 3.63) is 68.8 Å². The fraction of sp³-hybridized carbons (Fsp3) is 0.273. The van der Waals surface area contributed by atoms with Gasteiger partial charge in [-0.15, -0.1) is 11.3 Å². The van der Waals surface area contributed by atoms with E-state index in [1.165, 1.54) is 29.3 Å². The first kappa shape index (κ1) is 21.8. The number of fused-ring (bicyclic) bond motifs is 1. The van der Waals surface area contributed by atoms with Crippen LogP contribution in [0.5, 0.6) is 0 Å². The van der Waals surface area contributed by atoms with Gasteiger partial charge in [0.2, 0.25) is 0 Å². The number of nitrogens with one attached hydrogen (secondary N) is 2. The molecule has 0 spiro atoms. The SMILES string of the molecule is CSc1ncc(Cl)c(C(=O)Nc2sc3c(c2C(=O)NCCc2ccccc2)CCC3)n1. The Morgan fingerprint density at radius 3 is 2.77 bits per heavy atom. The molecule has 0 unspecified atom stereocenters. The van der Waals surface area contributed by atoms with Crippen LogP contribution in [0.15, 0.2) is 41.7 Å². The zero-order chi connectivity index (χ0) is 21.8.